The molecule has 1 aromatic heterocycles. The van der Waals surface area contributed by atoms with Crippen LogP contribution >= 0.6 is 11.3 Å². The van der Waals surface area contributed by atoms with Crippen LogP contribution in [0.15, 0.2) is 6.07 Å². The summed E-state index contributed by atoms with van der Waals surface area (Å²) in [6.45, 7) is 8.43. The molecule has 1 unspecified atom stereocenters. The van der Waals surface area contributed by atoms with Gasteiger partial charge in [-0.15, -0.1) is 11.3 Å². The minimum absolute atomic E-state index is 0.0954. The molecule has 5 nitrogen and oxygen atoms in total. The molecule has 0 aliphatic rings. The zero-order valence-corrected chi connectivity index (χ0v) is 12.0. The lowest BCUT2D eigenvalue weighted by molar-refractivity contribution is -0.383. The minimum atomic E-state index is -0.668. The molecule has 0 aliphatic carbocycles. The number of aliphatic hydroxyl groups excluding tert-OH is 1. The van der Waals surface area contributed by atoms with Gasteiger partial charge in [0.2, 0.25) is 0 Å². The normalized spacial score (nSPS) is 14.3. The van der Waals surface area contributed by atoms with Crippen molar-refractivity contribution < 1.29 is 10.0 Å². The fourth-order valence-electron chi connectivity index (χ4n) is 1.81. The SMILES string of the molecule is CCC(C)N(CC)c1sc([C@H](C)O)cc1[N+](=O)[O-]. The summed E-state index contributed by atoms with van der Waals surface area (Å²) in [5.74, 6) is 0. The minimum Gasteiger partial charge on any atom is -0.388 e. The van der Waals surface area contributed by atoms with E-state index in [1.54, 1.807) is 6.92 Å². The Morgan fingerprint density at radius 2 is 2.11 bits per heavy atom. The molecule has 102 valence electrons. The molecule has 0 saturated heterocycles. The second-order valence-corrected chi connectivity index (χ2v) is 5.38. The van der Waals surface area contributed by atoms with Gasteiger partial charge in [-0.05, 0) is 27.2 Å². The van der Waals surface area contributed by atoms with Crippen LogP contribution in [0.3, 0.4) is 0 Å². The van der Waals surface area contributed by atoms with E-state index in [9.17, 15) is 15.2 Å². The van der Waals surface area contributed by atoms with Crippen molar-refractivity contribution in [1.82, 2.24) is 0 Å². The highest BCUT2D eigenvalue weighted by atomic mass is 32.1. The lowest BCUT2D eigenvalue weighted by atomic mass is 10.2. The Morgan fingerprint density at radius 3 is 2.50 bits per heavy atom. The lowest BCUT2D eigenvalue weighted by Gasteiger charge is -2.27. The van der Waals surface area contributed by atoms with Gasteiger partial charge in [-0.2, -0.15) is 0 Å². The summed E-state index contributed by atoms with van der Waals surface area (Å²) < 4.78 is 0. The molecule has 0 radical (unpaired) electrons. The van der Waals surface area contributed by atoms with Gasteiger partial charge < -0.3 is 10.0 Å². The van der Waals surface area contributed by atoms with Crippen molar-refractivity contribution in [2.45, 2.75) is 46.3 Å². The van der Waals surface area contributed by atoms with Crippen molar-refractivity contribution in [2.75, 3.05) is 11.4 Å². The van der Waals surface area contributed by atoms with Crippen molar-refractivity contribution in [3.63, 3.8) is 0 Å². The molecule has 18 heavy (non-hydrogen) atoms. The molecule has 0 bridgehead atoms. The fraction of sp³-hybridized carbons (Fsp3) is 0.667. The molecule has 1 aromatic rings. The first-order valence-electron chi connectivity index (χ1n) is 6.15. The number of anilines is 1. The Balaban J connectivity index is 3.23. The van der Waals surface area contributed by atoms with E-state index >= 15 is 0 Å². The summed E-state index contributed by atoms with van der Waals surface area (Å²) in [4.78, 5) is 13.4. The highest BCUT2D eigenvalue weighted by Gasteiger charge is 2.26. The van der Waals surface area contributed by atoms with E-state index in [1.165, 1.54) is 17.4 Å². The zero-order valence-electron chi connectivity index (χ0n) is 11.2. The van der Waals surface area contributed by atoms with Gasteiger partial charge in [0.25, 0.3) is 0 Å². The summed E-state index contributed by atoms with van der Waals surface area (Å²) in [5, 5.41) is 21.3. The molecule has 0 fully saturated rings. The predicted molar refractivity (Wildman–Crippen MR) is 74.4 cm³/mol. The summed E-state index contributed by atoms with van der Waals surface area (Å²) in [6.07, 6.45) is 0.255. The summed E-state index contributed by atoms with van der Waals surface area (Å²) in [7, 11) is 0. The van der Waals surface area contributed by atoms with Crippen molar-refractivity contribution in [3.05, 3.63) is 21.1 Å². The number of nitro groups is 1. The number of nitrogens with zero attached hydrogens (tertiary/aromatic N) is 2. The molecule has 1 heterocycles. The largest absolute Gasteiger partial charge is 0.388 e. The summed E-state index contributed by atoms with van der Waals surface area (Å²) in [6, 6.07) is 1.73. The van der Waals surface area contributed by atoms with Crippen LogP contribution < -0.4 is 4.90 Å². The van der Waals surface area contributed by atoms with Crippen LogP contribution in [0.4, 0.5) is 10.7 Å². The highest BCUT2D eigenvalue weighted by Crippen LogP contribution is 2.41. The molecule has 1 rings (SSSR count). The number of hydrogen-bond donors (Lipinski definition) is 1. The summed E-state index contributed by atoms with van der Waals surface area (Å²) in [5.41, 5.74) is 0.0954. The summed E-state index contributed by atoms with van der Waals surface area (Å²) >= 11 is 1.31. The standard InChI is InChI=1S/C12H20N2O3S/c1-5-8(3)13(6-2)12-10(14(16)17)7-11(18-12)9(4)15/h7-9,15H,5-6H2,1-4H3/t8?,9-/m0/s1. The average Bonchev–Trinajstić information content (AvgIpc) is 2.74. The first kappa shape index (κ1) is 14.9. The molecule has 0 spiro atoms. The van der Waals surface area contributed by atoms with Gasteiger partial charge in [0.1, 0.15) is 0 Å². The Hall–Kier alpha value is -1.14. The molecule has 1 N–H and O–H groups in total. The van der Waals surface area contributed by atoms with Crippen LogP contribution in [0.25, 0.3) is 0 Å². The van der Waals surface area contributed by atoms with Gasteiger partial charge in [-0.3, -0.25) is 10.1 Å². The molecule has 0 aliphatic heterocycles. The molecule has 6 heteroatoms. The Bertz CT molecular complexity index is 417. The Morgan fingerprint density at radius 1 is 1.50 bits per heavy atom. The number of thiophene rings is 1. The van der Waals surface area contributed by atoms with Crippen molar-refractivity contribution >= 4 is 22.0 Å². The van der Waals surface area contributed by atoms with E-state index in [-0.39, 0.29) is 16.7 Å². The zero-order chi connectivity index (χ0) is 13.9. The third-order valence-corrected chi connectivity index (χ3v) is 4.38. The van der Waals surface area contributed by atoms with Gasteiger partial charge in [0.05, 0.1) is 11.0 Å². The van der Waals surface area contributed by atoms with E-state index in [2.05, 4.69) is 13.8 Å². The maximum absolute atomic E-state index is 11.1. The Kier molecular flexibility index (Phi) is 5.10. The third-order valence-electron chi connectivity index (χ3n) is 3.05. The second kappa shape index (κ2) is 6.15. The fourth-order valence-corrected chi connectivity index (χ4v) is 3.04. The van der Waals surface area contributed by atoms with Crippen molar-refractivity contribution in [1.29, 1.82) is 0 Å². The number of rotatable bonds is 6. The van der Waals surface area contributed by atoms with E-state index in [0.717, 1.165) is 13.0 Å². The van der Waals surface area contributed by atoms with Crippen molar-refractivity contribution in [2.24, 2.45) is 0 Å². The topological polar surface area (TPSA) is 66.6 Å². The molecule has 2 atom stereocenters. The number of hydrogen-bond acceptors (Lipinski definition) is 5. The highest BCUT2D eigenvalue weighted by molar-refractivity contribution is 7.16. The van der Waals surface area contributed by atoms with E-state index in [1.807, 2.05) is 11.8 Å². The smallest absolute Gasteiger partial charge is 0.304 e. The second-order valence-electron chi connectivity index (χ2n) is 4.32. The first-order valence-corrected chi connectivity index (χ1v) is 6.96. The van der Waals surface area contributed by atoms with Gasteiger partial charge in [0, 0.05) is 23.5 Å². The van der Waals surface area contributed by atoms with Crippen LogP contribution in [-0.4, -0.2) is 22.6 Å². The molecular weight excluding hydrogens is 252 g/mol. The van der Waals surface area contributed by atoms with Gasteiger partial charge in [-0.1, -0.05) is 6.92 Å². The maximum atomic E-state index is 11.1. The molecule has 0 aromatic carbocycles. The van der Waals surface area contributed by atoms with E-state index in [0.29, 0.717) is 9.88 Å². The number of aliphatic hydroxyl groups is 1. The molecule has 0 saturated carbocycles. The molecular formula is C12H20N2O3S. The van der Waals surface area contributed by atoms with E-state index < -0.39 is 6.10 Å². The lowest BCUT2D eigenvalue weighted by Crippen LogP contribution is -2.31. The van der Waals surface area contributed by atoms with Crippen LogP contribution in [0.1, 0.15) is 45.1 Å². The Labute approximate surface area is 111 Å². The average molecular weight is 272 g/mol. The van der Waals surface area contributed by atoms with Crippen LogP contribution in [0, 0.1) is 10.1 Å². The quantitative estimate of drug-likeness (QED) is 0.637. The first-order chi connectivity index (χ1) is 8.42. The van der Waals surface area contributed by atoms with Gasteiger partial charge in [-0.25, -0.2) is 0 Å². The molecule has 0 amide bonds. The van der Waals surface area contributed by atoms with Gasteiger partial charge >= 0.3 is 5.69 Å². The third kappa shape index (κ3) is 3.00. The van der Waals surface area contributed by atoms with Crippen LogP contribution in [0.2, 0.25) is 0 Å². The van der Waals surface area contributed by atoms with Crippen LogP contribution in [-0.2, 0) is 0 Å². The monoisotopic (exact) mass is 272 g/mol. The van der Waals surface area contributed by atoms with Gasteiger partial charge in [0.15, 0.2) is 5.00 Å². The van der Waals surface area contributed by atoms with Crippen molar-refractivity contribution in [3.8, 4) is 0 Å². The maximum Gasteiger partial charge on any atom is 0.304 e. The van der Waals surface area contributed by atoms with Crippen LogP contribution in [0.5, 0.6) is 0 Å². The predicted octanol–water partition coefficient (Wildman–Crippen LogP) is 3.33. The van der Waals surface area contributed by atoms with E-state index in [4.69, 9.17) is 0 Å².